The SMILES string of the molecule is CCOC(=O)CN(CC(F)(F)F)C(=O)c1csc(-c2ccc(OC)cc2)n1. The normalized spacial score (nSPS) is 11.1. The van der Waals surface area contributed by atoms with Crippen LogP contribution in [0.25, 0.3) is 10.6 Å². The summed E-state index contributed by atoms with van der Waals surface area (Å²) in [6.45, 7) is -0.845. The first-order valence-electron chi connectivity index (χ1n) is 7.85. The molecule has 0 radical (unpaired) electrons. The van der Waals surface area contributed by atoms with Crippen molar-refractivity contribution in [2.75, 3.05) is 26.8 Å². The van der Waals surface area contributed by atoms with Crippen LogP contribution in [0.1, 0.15) is 17.4 Å². The summed E-state index contributed by atoms with van der Waals surface area (Å²) in [6, 6.07) is 6.85. The summed E-state index contributed by atoms with van der Waals surface area (Å²) in [5, 5.41) is 1.82. The minimum Gasteiger partial charge on any atom is -0.497 e. The summed E-state index contributed by atoms with van der Waals surface area (Å²) in [7, 11) is 1.52. The number of esters is 1. The standard InChI is InChI=1S/C17H17F3N2O4S/c1-3-26-14(23)8-22(10-17(18,19)20)16(24)13-9-27-15(21-13)11-4-6-12(25-2)7-5-11/h4-7,9H,3,8,10H2,1-2H3. The molecule has 0 bridgehead atoms. The van der Waals surface area contributed by atoms with Gasteiger partial charge in [-0.15, -0.1) is 11.3 Å². The number of nitrogens with zero attached hydrogens (tertiary/aromatic N) is 2. The molecule has 0 atom stereocenters. The number of ether oxygens (including phenoxy) is 2. The van der Waals surface area contributed by atoms with Gasteiger partial charge in [-0.3, -0.25) is 9.59 Å². The molecule has 0 saturated heterocycles. The number of halogens is 3. The van der Waals surface area contributed by atoms with Crippen molar-refractivity contribution in [2.24, 2.45) is 0 Å². The molecule has 0 aliphatic carbocycles. The second-order valence-corrected chi connectivity index (χ2v) is 6.21. The summed E-state index contributed by atoms with van der Waals surface area (Å²) < 4.78 is 48.0. The molecule has 0 saturated carbocycles. The number of methoxy groups -OCH3 is 1. The molecule has 10 heteroatoms. The van der Waals surface area contributed by atoms with E-state index in [-0.39, 0.29) is 12.3 Å². The number of aromatic nitrogens is 1. The van der Waals surface area contributed by atoms with Gasteiger partial charge in [0.2, 0.25) is 0 Å². The Hall–Kier alpha value is -2.62. The highest BCUT2D eigenvalue weighted by molar-refractivity contribution is 7.13. The third-order valence-electron chi connectivity index (χ3n) is 3.34. The van der Waals surface area contributed by atoms with Gasteiger partial charge in [0, 0.05) is 10.9 Å². The molecule has 1 aromatic heterocycles. The maximum atomic E-state index is 12.8. The van der Waals surface area contributed by atoms with Gasteiger partial charge in [0.1, 0.15) is 29.5 Å². The van der Waals surface area contributed by atoms with Gasteiger partial charge in [-0.05, 0) is 31.2 Å². The maximum Gasteiger partial charge on any atom is 0.406 e. The van der Waals surface area contributed by atoms with E-state index in [9.17, 15) is 22.8 Å². The number of amides is 1. The summed E-state index contributed by atoms with van der Waals surface area (Å²) in [6.07, 6.45) is -4.66. The van der Waals surface area contributed by atoms with Crippen LogP contribution in [0.2, 0.25) is 0 Å². The molecule has 2 aromatic rings. The molecule has 0 aliphatic rings. The Morgan fingerprint density at radius 1 is 1.22 bits per heavy atom. The molecular weight excluding hydrogens is 385 g/mol. The average molecular weight is 402 g/mol. The van der Waals surface area contributed by atoms with Gasteiger partial charge in [0.25, 0.3) is 5.91 Å². The number of carbonyl (C=O) groups excluding carboxylic acids is 2. The lowest BCUT2D eigenvalue weighted by Crippen LogP contribution is -2.42. The molecule has 1 amide bonds. The number of thiazole rings is 1. The first-order chi connectivity index (χ1) is 12.7. The fourth-order valence-electron chi connectivity index (χ4n) is 2.18. The molecule has 146 valence electrons. The lowest BCUT2D eigenvalue weighted by Gasteiger charge is -2.22. The Bertz CT molecular complexity index is 790. The van der Waals surface area contributed by atoms with Crippen molar-refractivity contribution in [2.45, 2.75) is 13.1 Å². The molecule has 27 heavy (non-hydrogen) atoms. The van der Waals surface area contributed by atoms with E-state index in [4.69, 9.17) is 4.74 Å². The third-order valence-corrected chi connectivity index (χ3v) is 4.23. The number of hydrogen-bond acceptors (Lipinski definition) is 6. The maximum absolute atomic E-state index is 12.8. The van der Waals surface area contributed by atoms with Crippen LogP contribution in [0.15, 0.2) is 29.6 Å². The van der Waals surface area contributed by atoms with Crippen LogP contribution in [-0.4, -0.2) is 54.7 Å². The van der Waals surface area contributed by atoms with E-state index < -0.39 is 31.1 Å². The smallest absolute Gasteiger partial charge is 0.406 e. The lowest BCUT2D eigenvalue weighted by molar-refractivity contribution is -0.153. The van der Waals surface area contributed by atoms with E-state index in [1.54, 1.807) is 24.3 Å². The number of alkyl halides is 3. The molecular formula is C17H17F3N2O4S. The van der Waals surface area contributed by atoms with E-state index in [0.29, 0.717) is 21.2 Å². The van der Waals surface area contributed by atoms with Crippen LogP contribution in [-0.2, 0) is 9.53 Å². The molecule has 0 N–H and O–H groups in total. The predicted molar refractivity (Wildman–Crippen MR) is 92.7 cm³/mol. The van der Waals surface area contributed by atoms with Crippen LogP contribution >= 0.6 is 11.3 Å². The van der Waals surface area contributed by atoms with E-state index >= 15 is 0 Å². The Morgan fingerprint density at radius 2 is 1.89 bits per heavy atom. The number of hydrogen-bond donors (Lipinski definition) is 0. The van der Waals surface area contributed by atoms with Crippen molar-refractivity contribution >= 4 is 23.2 Å². The Labute approximate surface area is 157 Å². The van der Waals surface area contributed by atoms with Crippen LogP contribution in [0.3, 0.4) is 0 Å². The van der Waals surface area contributed by atoms with Crippen LogP contribution in [0.5, 0.6) is 5.75 Å². The molecule has 6 nitrogen and oxygen atoms in total. The minimum atomic E-state index is -4.66. The number of carbonyl (C=O) groups is 2. The highest BCUT2D eigenvalue weighted by Crippen LogP contribution is 2.26. The van der Waals surface area contributed by atoms with Gasteiger partial charge >= 0.3 is 12.1 Å². The van der Waals surface area contributed by atoms with Crippen molar-refractivity contribution in [1.29, 1.82) is 0 Å². The fourth-order valence-corrected chi connectivity index (χ4v) is 2.98. The van der Waals surface area contributed by atoms with Crippen molar-refractivity contribution in [3.63, 3.8) is 0 Å². The van der Waals surface area contributed by atoms with E-state index in [1.165, 1.54) is 19.4 Å². The summed E-state index contributed by atoms with van der Waals surface area (Å²) in [5.74, 6) is -1.27. The monoisotopic (exact) mass is 402 g/mol. The highest BCUT2D eigenvalue weighted by atomic mass is 32.1. The van der Waals surface area contributed by atoms with E-state index in [2.05, 4.69) is 9.72 Å². The van der Waals surface area contributed by atoms with Gasteiger partial charge in [0.05, 0.1) is 13.7 Å². The minimum absolute atomic E-state index is 0.00516. The lowest BCUT2D eigenvalue weighted by atomic mass is 10.2. The van der Waals surface area contributed by atoms with Crippen molar-refractivity contribution in [3.05, 3.63) is 35.3 Å². The van der Waals surface area contributed by atoms with Crippen LogP contribution in [0, 0.1) is 0 Å². The predicted octanol–water partition coefficient (Wildman–Crippen LogP) is 3.39. The molecule has 1 aromatic carbocycles. The molecule has 0 unspecified atom stereocenters. The zero-order chi connectivity index (χ0) is 20.0. The second-order valence-electron chi connectivity index (χ2n) is 5.35. The largest absolute Gasteiger partial charge is 0.497 e. The number of rotatable bonds is 7. The van der Waals surface area contributed by atoms with Gasteiger partial charge < -0.3 is 14.4 Å². The van der Waals surface area contributed by atoms with Crippen molar-refractivity contribution < 1.29 is 32.2 Å². The van der Waals surface area contributed by atoms with Crippen molar-refractivity contribution in [1.82, 2.24) is 9.88 Å². The Morgan fingerprint density at radius 3 is 2.44 bits per heavy atom. The van der Waals surface area contributed by atoms with Crippen LogP contribution in [0.4, 0.5) is 13.2 Å². The molecule has 2 rings (SSSR count). The Balaban J connectivity index is 2.21. The fraction of sp³-hybridized carbons (Fsp3) is 0.353. The quantitative estimate of drug-likeness (QED) is 0.664. The third kappa shape index (κ3) is 5.95. The number of benzene rings is 1. The average Bonchev–Trinajstić information content (AvgIpc) is 3.09. The topological polar surface area (TPSA) is 68.7 Å². The zero-order valence-corrected chi connectivity index (χ0v) is 15.4. The highest BCUT2D eigenvalue weighted by Gasteiger charge is 2.35. The summed E-state index contributed by atoms with van der Waals surface area (Å²) >= 11 is 1.11. The molecule has 0 aliphatic heterocycles. The molecule has 0 spiro atoms. The zero-order valence-electron chi connectivity index (χ0n) is 14.6. The van der Waals surface area contributed by atoms with E-state index in [1.807, 2.05) is 0 Å². The molecule has 1 heterocycles. The van der Waals surface area contributed by atoms with Gasteiger partial charge in [-0.2, -0.15) is 13.2 Å². The van der Waals surface area contributed by atoms with Crippen LogP contribution < -0.4 is 4.74 Å². The Kier molecular flexibility index (Phi) is 6.78. The van der Waals surface area contributed by atoms with Crippen molar-refractivity contribution in [3.8, 4) is 16.3 Å². The summed E-state index contributed by atoms with van der Waals surface area (Å²) in [4.78, 5) is 28.5. The molecule has 0 fully saturated rings. The van der Waals surface area contributed by atoms with Gasteiger partial charge in [-0.1, -0.05) is 0 Å². The second kappa shape index (κ2) is 8.85. The van der Waals surface area contributed by atoms with Gasteiger partial charge in [0.15, 0.2) is 0 Å². The van der Waals surface area contributed by atoms with Gasteiger partial charge in [-0.25, -0.2) is 4.98 Å². The first kappa shape index (κ1) is 20.7. The first-order valence-corrected chi connectivity index (χ1v) is 8.73. The summed E-state index contributed by atoms with van der Waals surface area (Å²) in [5.41, 5.74) is 0.520. The van der Waals surface area contributed by atoms with E-state index in [0.717, 1.165) is 11.3 Å².